The van der Waals surface area contributed by atoms with Crippen LogP contribution in [0.2, 0.25) is 0 Å². The van der Waals surface area contributed by atoms with Gasteiger partial charge in [-0.25, -0.2) is 9.59 Å². The third-order valence-electron chi connectivity index (χ3n) is 2.71. The standard InChI is InChI=1S/C13H12N2O5/c1-19-12(17)9-10(16)7-5-3-4-6-8(7)14-11(9)15-13(18)20-2/h3-6H,1-2H3,(H2,14,15,16,18). The molecule has 0 aliphatic carbocycles. The number of benzene rings is 1. The van der Waals surface area contributed by atoms with E-state index in [1.807, 2.05) is 0 Å². The van der Waals surface area contributed by atoms with Gasteiger partial charge in [-0.15, -0.1) is 0 Å². The largest absolute Gasteiger partial charge is 0.465 e. The highest BCUT2D eigenvalue weighted by Crippen LogP contribution is 2.16. The number of aromatic nitrogens is 1. The molecule has 7 heteroatoms. The normalized spacial score (nSPS) is 10.1. The topological polar surface area (TPSA) is 97.5 Å². The fourth-order valence-electron chi connectivity index (χ4n) is 1.78. The van der Waals surface area contributed by atoms with Crippen LogP contribution in [0, 0.1) is 0 Å². The highest BCUT2D eigenvalue weighted by Gasteiger charge is 2.21. The number of fused-ring (bicyclic) bond motifs is 1. The zero-order valence-electron chi connectivity index (χ0n) is 10.9. The van der Waals surface area contributed by atoms with Gasteiger partial charge in [0.05, 0.1) is 19.7 Å². The van der Waals surface area contributed by atoms with E-state index in [-0.39, 0.29) is 11.4 Å². The van der Waals surface area contributed by atoms with E-state index in [2.05, 4.69) is 19.8 Å². The van der Waals surface area contributed by atoms with E-state index in [4.69, 9.17) is 0 Å². The zero-order valence-corrected chi connectivity index (χ0v) is 10.9. The number of amides is 1. The Bertz CT molecular complexity index is 735. The Labute approximate surface area is 113 Å². The van der Waals surface area contributed by atoms with E-state index in [1.165, 1.54) is 7.11 Å². The lowest BCUT2D eigenvalue weighted by atomic mass is 10.1. The van der Waals surface area contributed by atoms with Gasteiger partial charge in [0.2, 0.25) is 5.43 Å². The predicted octanol–water partition coefficient (Wildman–Crippen LogP) is 1.49. The van der Waals surface area contributed by atoms with E-state index in [1.54, 1.807) is 24.3 Å². The van der Waals surface area contributed by atoms with E-state index >= 15 is 0 Å². The molecule has 0 saturated heterocycles. The molecule has 0 spiro atoms. The molecule has 0 radical (unpaired) electrons. The Balaban J connectivity index is 2.73. The molecule has 0 aliphatic heterocycles. The number of ether oxygens (including phenoxy) is 2. The van der Waals surface area contributed by atoms with Crippen LogP contribution in [0.25, 0.3) is 10.9 Å². The number of methoxy groups -OCH3 is 2. The number of aromatic amines is 1. The van der Waals surface area contributed by atoms with Gasteiger partial charge in [0.25, 0.3) is 0 Å². The quantitative estimate of drug-likeness (QED) is 0.810. The third-order valence-corrected chi connectivity index (χ3v) is 2.71. The Morgan fingerprint density at radius 3 is 2.50 bits per heavy atom. The van der Waals surface area contributed by atoms with Crippen molar-refractivity contribution in [1.82, 2.24) is 4.98 Å². The smallest absolute Gasteiger partial charge is 0.412 e. The average Bonchev–Trinajstić information content (AvgIpc) is 2.46. The summed E-state index contributed by atoms with van der Waals surface area (Å²) in [7, 11) is 2.32. The van der Waals surface area contributed by atoms with Crippen molar-refractivity contribution in [2.45, 2.75) is 0 Å². The lowest BCUT2D eigenvalue weighted by molar-refractivity contribution is 0.0600. The number of H-pyrrole nitrogens is 1. The maximum Gasteiger partial charge on any atom is 0.412 e. The number of esters is 1. The monoisotopic (exact) mass is 276 g/mol. The fourth-order valence-corrected chi connectivity index (χ4v) is 1.78. The zero-order chi connectivity index (χ0) is 14.7. The summed E-state index contributed by atoms with van der Waals surface area (Å²) < 4.78 is 9.02. The van der Waals surface area contributed by atoms with Crippen molar-refractivity contribution >= 4 is 28.8 Å². The second-order valence-corrected chi connectivity index (χ2v) is 3.86. The van der Waals surface area contributed by atoms with Crippen molar-refractivity contribution in [3.8, 4) is 0 Å². The van der Waals surface area contributed by atoms with Gasteiger partial charge in [-0.2, -0.15) is 0 Å². The molecule has 2 rings (SSSR count). The van der Waals surface area contributed by atoms with Gasteiger partial charge >= 0.3 is 12.1 Å². The molecule has 2 N–H and O–H groups in total. The van der Waals surface area contributed by atoms with Crippen molar-refractivity contribution in [2.24, 2.45) is 0 Å². The highest BCUT2D eigenvalue weighted by molar-refractivity contribution is 6.01. The van der Waals surface area contributed by atoms with Gasteiger partial charge in [0.15, 0.2) is 0 Å². The summed E-state index contributed by atoms with van der Waals surface area (Å²) in [5.41, 5.74) is -0.328. The van der Waals surface area contributed by atoms with Gasteiger partial charge in [-0.1, -0.05) is 12.1 Å². The first-order chi connectivity index (χ1) is 9.58. The van der Waals surface area contributed by atoms with Crippen LogP contribution in [0.4, 0.5) is 10.6 Å². The number of pyridine rings is 1. The number of rotatable bonds is 2. The van der Waals surface area contributed by atoms with Gasteiger partial charge in [0, 0.05) is 5.39 Å². The first kappa shape index (κ1) is 13.6. The Hall–Kier alpha value is -2.83. The molecule has 1 amide bonds. The molecule has 2 aromatic rings. The molecule has 1 aromatic heterocycles. The van der Waals surface area contributed by atoms with Gasteiger partial charge in [0.1, 0.15) is 11.4 Å². The second-order valence-electron chi connectivity index (χ2n) is 3.86. The minimum absolute atomic E-state index is 0.0626. The minimum Gasteiger partial charge on any atom is -0.465 e. The lowest BCUT2D eigenvalue weighted by Crippen LogP contribution is -2.23. The van der Waals surface area contributed by atoms with Crippen LogP contribution in [-0.4, -0.2) is 31.3 Å². The van der Waals surface area contributed by atoms with Crippen LogP contribution >= 0.6 is 0 Å². The van der Waals surface area contributed by atoms with Crippen LogP contribution in [0.1, 0.15) is 10.4 Å². The Kier molecular flexibility index (Phi) is 3.69. The molecule has 0 aliphatic rings. The van der Waals surface area contributed by atoms with Crippen molar-refractivity contribution in [1.29, 1.82) is 0 Å². The first-order valence-electron chi connectivity index (χ1n) is 5.66. The summed E-state index contributed by atoms with van der Waals surface area (Å²) in [5.74, 6) is -0.907. The first-order valence-corrected chi connectivity index (χ1v) is 5.66. The fraction of sp³-hybridized carbons (Fsp3) is 0.154. The van der Waals surface area contributed by atoms with Gasteiger partial charge < -0.3 is 14.5 Å². The molecule has 20 heavy (non-hydrogen) atoms. The predicted molar refractivity (Wildman–Crippen MR) is 71.9 cm³/mol. The lowest BCUT2D eigenvalue weighted by Gasteiger charge is -2.10. The minimum atomic E-state index is -0.844. The molecular formula is C13H12N2O5. The molecule has 0 saturated carbocycles. The van der Waals surface area contributed by atoms with Crippen LogP contribution in [0.15, 0.2) is 29.1 Å². The maximum absolute atomic E-state index is 12.3. The van der Waals surface area contributed by atoms with Crippen LogP contribution in [0.5, 0.6) is 0 Å². The molecular weight excluding hydrogens is 264 g/mol. The van der Waals surface area contributed by atoms with Gasteiger partial charge in [-0.05, 0) is 12.1 Å². The summed E-state index contributed by atoms with van der Waals surface area (Å²) in [6.07, 6.45) is -0.805. The molecule has 104 valence electrons. The number of nitrogens with one attached hydrogen (secondary N) is 2. The second kappa shape index (κ2) is 5.43. The summed E-state index contributed by atoms with van der Waals surface area (Å²) in [4.78, 5) is 38.1. The Morgan fingerprint density at radius 1 is 1.15 bits per heavy atom. The van der Waals surface area contributed by atoms with Crippen molar-refractivity contribution in [3.63, 3.8) is 0 Å². The molecule has 0 fully saturated rings. The van der Waals surface area contributed by atoms with E-state index < -0.39 is 17.5 Å². The molecule has 0 bridgehead atoms. The van der Waals surface area contributed by atoms with E-state index in [0.717, 1.165) is 7.11 Å². The molecule has 1 aromatic carbocycles. The number of carbonyl (C=O) groups is 2. The van der Waals surface area contributed by atoms with Crippen molar-refractivity contribution in [3.05, 3.63) is 40.1 Å². The molecule has 0 atom stereocenters. The molecule has 0 unspecified atom stereocenters. The average molecular weight is 276 g/mol. The number of carbonyl (C=O) groups excluding carboxylic acids is 2. The van der Waals surface area contributed by atoms with Crippen LogP contribution in [0.3, 0.4) is 0 Å². The van der Waals surface area contributed by atoms with E-state index in [9.17, 15) is 14.4 Å². The molecule has 7 nitrogen and oxygen atoms in total. The van der Waals surface area contributed by atoms with Gasteiger partial charge in [-0.3, -0.25) is 10.1 Å². The number of anilines is 1. The summed E-state index contributed by atoms with van der Waals surface area (Å²) >= 11 is 0. The maximum atomic E-state index is 12.3. The highest BCUT2D eigenvalue weighted by atomic mass is 16.5. The van der Waals surface area contributed by atoms with Crippen LogP contribution < -0.4 is 10.7 Å². The summed E-state index contributed by atoms with van der Waals surface area (Å²) in [6, 6.07) is 6.62. The Morgan fingerprint density at radius 2 is 1.85 bits per heavy atom. The molecule has 1 heterocycles. The number of hydrogen-bond donors (Lipinski definition) is 2. The third kappa shape index (κ3) is 2.33. The van der Waals surface area contributed by atoms with Crippen molar-refractivity contribution < 1.29 is 19.1 Å². The summed E-state index contributed by atoms with van der Waals surface area (Å²) in [5, 5.41) is 2.61. The number of hydrogen-bond acceptors (Lipinski definition) is 5. The van der Waals surface area contributed by atoms with E-state index in [0.29, 0.717) is 10.9 Å². The van der Waals surface area contributed by atoms with Crippen molar-refractivity contribution in [2.75, 3.05) is 19.5 Å². The number of para-hydroxylation sites is 1. The SMILES string of the molecule is COC(=O)Nc1[nH]c2ccccc2c(=O)c1C(=O)OC. The summed E-state index contributed by atoms with van der Waals surface area (Å²) in [6.45, 7) is 0. The van der Waals surface area contributed by atoms with Crippen LogP contribution in [-0.2, 0) is 9.47 Å².